The highest BCUT2D eigenvalue weighted by molar-refractivity contribution is 6.02. The Morgan fingerprint density at radius 2 is 1.89 bits per heavy atom. The van der Waals surface area contributed by atoms with Gasteiger partial charge in [0.05, 0.1) is 18.7 Å². The number of imidazole rings is 1. The van der Waals surface area contributed by atoms with Gasteiger partial charge in [-0.15, -0.1) is 0 Å². The van der Waals surface area contributed by atoms with E-state index in [2.05, 4.69) is 20.5 Å². The Kier molecular flexibility index (Phi) is 6.96. The number of likely N-dealkylation sites (N-methyl/N-ethyl adjacent to an activating group) is 1. The molecule has 3 heterocycles. The summed E-state index contributed by atoms with van der Waals surface area (Å²) in [5, 5.41) is 5.76. The Morgan fingerprint density at radius 1 is 1.14 bits per heavy atom. The molecule has 0 aromatic carbocycles. The van der Waals surface area contributed by atoms with Crippen molar-refractivity contribution in [3.8, 4) is 0 Å². The molecule has 28 heavy (non-hydrogen) atoms. The third-order valence-corrected chi connectivity index (χ3v) is 4.63. The highest BCUT2D eigenvalue weighted by atomic mass is 16.5. The van der Waals surface area contributed by atoms with Gasteiger partial charge in [0.2, 0.25) is 5.82 Å². The minimum absolute atomic E-state index is 0.218. The Bertz CT molecular complexity index is 813. The van der Waals surface area contributed by atoms with Crippen molar-refractivity contribution in [1.29, 1.82) is 0 Å². The van der Waals surface area contributed by atoms with E-state index in [1.807, 2.05) is 31.1 Å². The molecule has 1 fully saturated rings. The maximum atomic E-state index is 12.7. The van der Waals surface area contributed by atoms with Crippen molar-refractivity contribution < 1.29 is 14.3 Å². The first-order valence-electron chi connectivity index (χ1n) is 9.54. The minimum Gasteiger partial charge on any atom is -0.379 e. The molecule has 1 aliphatic rings. The van der Waals surface area contributed by atoms with Crippen molar-refractivity contribution in [3.05, 3.63) is 35.9 Å². The van der Waals surface area contributed by atoms with Gasteiger partial charge in [-0.05, 0) is 26.2 Å². The number of aromatic nitrogens is 2. The van der Waals surface area contributed by atoms with Crippen LogP contribution in [-0.4, -0.2) is 97.6 Å². The second-order valence-corrected chi connectivity index (χ2v) is 7.01. The fourth-order valence-corrected chi connectivity index (χ4v) is 3.07. The zero-order valence-corrected chi connectivity index (χ0v) is 16.5. The number of pyridine rings is 1. The van der Waals surface area contributed by atoms with E-state index in [-0.39, 0.29) is 23.3 Å². The fraction of sp³-hybridized carbons (Fsp3) is 0.526. The fourth-order valence-electron chi connectivity index (χ4n) is 3.07. The predicted octanol–water partition coefficient (Wildman–Crippen LogP) is -0.312. The van der Waals surface area contributed by atoms with Gasteiger partial charge in [0, 0.05) is 45.5 Å². The van der Waals surface area contributed by atoms with E-state index < -0.39 is 0 Å². The summed E-state index contributed by atoms with van der Waals surface area (Å²) in [6.45, 7) is 5.72. The second-order valence-electron chi connectivity index (χ2n) is 7.01. The van der Waals surface area contributed by atoms with E-state index in [0.717, 1.165) is 39.4 Å². The molecule has 2 aromatic rings. The molecule has 2 N–H and O–H groups in total. The molecule has 3 rings (SSSR count). The van der Waals surface area contributed by atoms with Crippen molar-refractivity contribution in [1.82, 2.24) is 29.8 Å². The van der Waals surface area contributed by atoms with Gasteiger partial charge in [0.25, 0.3) is 11.8 Å². The average Bonchev–Trinajstić information content (AvgIpc) is 3.08. The molecular formula is C19H28N6O3. The number of nitrogens with one attached hydrogen (secondary N) is 2. The Morgan fingerprint density at radius 3 is 2.64 bits per heavy atom. The molecule has 2 aromatic heterocycles. The Hall–Kier alpha value is -2.49. The summed E-state index contributed by atoms with van der Waals surface area (Å²) in [7, 11) is 3.88. The lowest BCUT2D eigenvalue weighted by atomic mass is 10.3. The lowest BCUT2D eigenvalue weighted by Crippen LogP contribution is -2.41. The van der Waals surface area contributed by atoms with E-state index >= 15 is 0 Å². The molecule has 0 saturated carbocycles. The molecule has 0 bridgehead atoms. The van der Waals surface area contributed by atoms with Crippen molar-refractivity contribution in [3.63, 3.8) is 0 Å². The third kappa shape index (κ3) is 5.06. The van der Waals surface area contributed by atoms with Crippen LogP contribution in [0.5, 0.6) is 0 Å². The number of hydrogen-bond donors (Lipinski definition) is 2. The first kappa shape index (κ1) is 20.2. The molecule has 0 aliphatic carbocycles. The molecule has 0 radical (unpaired) electrons. The van der Waals surface area contributed by atoms with E-state index in [4.69, 9.17) is 4.74 Å². The van der Waals surface area contributed by atoms with Crippen LogP contribution in [0.4, 0.5) is 0 Å². The van der Waals surface area contributed by atoms with Gasteiger partial charge in [0.1, 0.15) is 0 Å². The number of rotatable bonds is 8. The van der Waals surface area contributed by atoms with Crippen molar-refractivity contribution in [2.75, 3.05) is 66.6 Å². The van der Waals surface area contributed by atoms with Gasteiger partial charge in [-0.25, -0.2) is 4.98 Å². The number of amides is 2. The van der Waals surface area contributed by atoms with Crippen LogP contribution < -0.4 is 10.6 Å². The smallest absolute Gasteiger partial charge is 0.287 e. The van der Waals surface area contributed by atoms with Gasteiger partial charge in [-0.2, -0.15) is 0 Å². The molecule has 9 heteroatoms. The highest BCUT2D eigenvalue weighted by Crippen LogP contribution is 2.13. The number of carbonyl (C=O) groups excluding carboxylic acids is 2. The molecular weight excluding hydrogens is 360 g/mol. The maximum absolute atomic E-state index is 12.7. The molecule has 0 spiro atoms. The van der Waals surface area contributed by atoms with Gasteiger partial charge in [0.15, 0.2) is 5.69 Å². The van der Waals surface area contributed by atoms with Crippen LogP contribution in [0.1, 0.15) is 21.1 Å². The maximum Gasteiger partial charge on any atom is 0.287 e. The van der Waals surface area contributed by atoms with Crippen LogP contribution in [0.2, 0.25) is 0 Å². The molecule has 0 unspecified atom stereocenters. The van der Waals surface area contributed by atoms with Crippen LogP contribution >= 0.6 is 0 Å². The van der Waals surface area contributed by atoms with Crippen LogP contribution in [-0.2, 0) is 4.74 Å². The molecule has 2 amide bonds. The summed E-state index contributed by atoms with van der Waals surface area (Å²) in [6, 6.07) is 5.43. The minimum atomic E-state index is -0.290. The summed E-state index contributed by atoms with van der Waals surface area (Å²) in [5.41, 5.74) is 0.876. The second kappa shape index (κ2) is 9.63. The van der Waals surface area contributed by atoms with Gasteiger partial charge >= 0.3 is 0 Å². The van der Waals surface area contributed by atoms with Crippen molar-refractivity contribution in [2.45, 2.75) is 0 Å². The molecule has 9 nitrogen and oxygen atoms in total. The van der Waals surface area contributed by atoms with Crippen LogP contribution in [0, 0.1) is 0 Å². The summed E-state index contributed by atoms with van der Waals surface area (Å²) < 4.78 is 6.99. The summed E-state index contributed by atoms with van der Waals surface area (Å²) in [6.07, 6.45) is 1.75. The van der Waals surface area contributed by atoms with E-state index in [9.17, 15) is 9.59 Å². The van der Waals surface area contributed by atoms with E-state index in [0.29, 0.717) is 18.6 Å². The highest BCUT2D eigenvalue weighted by Gasteiger charge is 2.21. The third-order valence-electron chi connectivity index (χ3n) is 4.63. The Balaban J connectivity index is 1.66. The van der Waals surface area contributed by atoms with Gasteiger partial charge < -0.3 is 20.3 Å². The topological polar surface area (TPSA) is 91.2 Å². The molecule has 1 saturated heterocycles. The number of nitrogens with zero attached hydrogens (tertiary/aromatic N) is 4. The zero-order chi connectivity index (χ0) is 19.9. The Labute approximate surface area is 164 Å². The van der Waals surface area contributed by atoms with Gasteiger partial charge in [-0.3, -0.25) is 18.9 Å². The first-order valence-corrected chi connectivity index (χ1v) is 9.54. The summed E-state index contributed by atoms with van der Waals surface area (Å²) in [5.74, 6) is -0.352. The van der Waals surface area contributed by atoms with Crippen LogP contribution in [0.25, 0.3) is 5.52 Å². The monoisotopic (exact) mass is 388 g/mol. The van der Waals surface area contributed by atoms with Crippen molar-refractivity contribution in [2.24, 2.45) is 0 Å². The number of morpholine rings is 1. The lowest BCUT2D eigenvalue weighted by molar-refractivity contribution is 0.0383. The summed E-state index contributed by atoms with van der Waals surface area (Å²) >= 11 is 0. The largest absolute Gasteiger partial charge is 0.379 e. The molecule has 0 atom stereocenters. The van der Waals surface area contributed by atoms with E-state index in [1.54, 1.807) is 16.7 Å². The first-order chi connectivity index (χ1) is 13.6. The number of carbonyl (C=O) groups is 2. The van der Waals surface area contributed by atoms with Crippen LogP contribution in [0.15, 0.2) is 24.4 Å². The standard InChI is InChI=1S/C19H28N6O3/c1-23(2)9-6-20-18(26)16-15-5-3-4-8-25(15)17(22-16)19(27)21-7-10-24-11-13-28-14-12-24/h3-5,8H,6-7,9-14H2,1-2H3,(H,20,26)(H,21,27). The number of fused-ring (bicyclic) bond motifs is 1. The molecule has 1 aliphatic heterocycles. The predicted molar refractivity (Wildman–Crippen MR) is 106 cm³/mol. The van der Waals surface area contributed by atoms with Crippen molar-refractivity contribution >= 4 is 17.3 Å². The normalized spacial score (nSPS) is 15.1. The quantitative estimate of drug-likeness (QED) is 0.645. The average molecular weight is 388 g/mol. The lowest BCUT2D eigenvalue weighted by Gasteiger charge is -2.26. The van der Waals surface area contributed by atoms with Crippen LogP contribution in [0.3, 0.4) is 0 Å². The van der Waals surface area contributed by atoms with Gasteiger partial charge in [-0.1, -0.05) is 6.07 Å². The number of ether oxygens (including phenoxy) is 1. The summed E-state index contributed by atoms with van der Waals surface area (Å²) in [4.78, 5) is 33.8. The SMILES string of the molecule is CN(C)CCNC(=O)c1nc(C(=O)NCCN2CCOCC2)n2ccccc12. The molecule has 152 valence electrons. The number of hydrogen-bond acceptors (Lipinski definition) is 6. The zero-order valence-electron chi connectivity index (χ0n) is 16.5. The van der Waals surface area contributed by atoms with E-state index in [1.165, 1.54) is 0 Å².